The van der Waals surface area contributed by atoms with Gasteiger partial charge in [-0.15, -0.1) is 10.2 Å². The Labute approximate surface area is 159 Å². The molecule has 2 heterocycles. The number of aryl methyl sites for hydroxylation is 1. The fourth-order valence-corrected chi connectivity index (χ4v) is 2.97. The summed E-state index contributed by atoms with van der Waals surface area (Å²) in [4.78, 5) is 10.9. The minimum Gasteiger partial charge on any atom is -0.493 e. The van der Waals surface area contributed by atoms with Gasteiger partial charge in [0, 0.05) is 5.56 Å². The molecule has 0 radical (unpaired) electrons. The lowest BCUT2D eigenvalue weighted by atomic mass is 10.2. The maximum atomic E-state index is 10.9. The molecule has 0 aliphatic carbocycles. The molecule has 8 nitrogen and oxygen atoms in total. The molecule has 0 amide bonds. The molecule has 0 saturated carbocycles. The van der Waals surface area contributed by atoms with Crippen molar-refractivity contribution >= 4 is 23.9 Å². The van der Waals surface area contributed by atoms with Crippen LogP contribution in [0.5, 0.6) is 5.75 Å². The van der Waals surface area contributed by atoms with E-state index in [-0.39, 0.29) is 5.75 Å². The lowest BCUT2D eigenvalue weighted by Gasteiger charge is -2.07. The van der Waals surface area contributed by atoms with E-state index < -0.39 is 5.97 Å². The van der Waals surface area contributed by atoms with Crippen molar-refractivity contribution in [2.75, 3.05) is 12.4 Å². The highest BCUT2D eigenvalue weighted by Crippen LogP contribution is 2.27. The van der Waals surface area contributed by atoms with E-state index in [4.69, 9.17) is 14.3 Å². The van der Waals surface area contributed by atoms with E-state index >= 15 is 0 Å². The number of hydrogen-bond donors (Lipinski definition) is 1. The molecule has 0 aliphatic rings. The number of aromatic nitrogens is 3. The van der Waals surface area contributed by atoms with Crippen LogP contribution in [0.15, 0.2) is 51.3 Å². The zero-order valence-corrected chi connectivity index (χ0v) is 15.6. The highest BCUT2D eigenvalue weighted by Gasteiger charge is 2.18. The minimum absolute atomic E-state index is 0.145. The summed E-state index contributed by atoms with van der Waals surface area (Å²) in [6.45, 7) is 4.26. The number of carboxylic acids is 1. The van der Waals surface area contributed by atoms with E-state index in [0.29, 0.717) is 29.1 Å². The van der Waals surface area contributed by atoms with Crippen LogP contribution >= 0.6 is 11.8 Å². The second-order valence-corrected chi connectivity index (χ2v) is 6.35. The molecule has 3 rings (SSSR count). The van der Waals surface area contributed by atoms with Gasteiger partial charge in [0.1, 0.15) is 11.5 Å². The number of rotatable bonds is 8. The number of benzene rings is 1. The highest BCUT2D eigenvalue weighted by atomic mass is 32.2. The molecule has 1 aromatic carbocycles. The zero-order valence-electron chi connectivity index (χ0n) is 14.8. The monoisotopic (exact) mass is 386 g/mol. The molecule has 0 fully saturated rings. The normalized spacial score (nSPS) is 11.2. The lowest BCUT2D eigenvalue weighted by molar-refractivity contribution is -0.133. The van der Waals surface area contributed by atoms with Gasteiger partial charge in [-0.05, 0) is 32.0 Å². The maximum Gasteiger partial charge on any atom is 0.313 e. The number of carboxylic acid groups (broad SMARTS) is 1. The van der Waals surface area contributed by atoms with E-state index in [0.717, 1.165) is 22.9 Å². The molecule has 27 heavy (non-hydrogen) atoms. The number of aliphatic carboxylic acids is 1. The predicted octanol–water partition coefficient (Wildman–Crippen LogP) is 3.30. The first-order chi connectivity index (χ1) is 13.1. The van der Waals surface area contributed by atoms with Crippen LogP contribution in [0.25, 0.3) is 11.4 Å². The Morgan fingerprint density at radius 2 is 2.19 bits per heavy atom. The van der Waals surface area contributed by atoms with Crippen LogP contribution in [0.2, 0.25) is 0 Å². The second kappa shape index (κ2) is 8.54. The van der Waals surface area contributed by atoms with Crippen LogP contribution in [0, 0.1) is 6.92 Å². The molecule has 3 aromatic rings. The van der Waals surface area contributed by atoms with Crippen LogP contribution in [0.1, 0.15) is 18.2 Å². The summed E-state index contributed by atoms with van der Waals surface area (Å²) >= 11 is 1.04. The first-order valence-corrected chi connectivity index (χ1v) is 9.19. The first-order valence-electron chi connectivity index (χ1n) is 8.20. The second-order valence-electron chi connectivity index (χ2n) is 5.41. The van der Waals surface area contributed by atoms with Crippen LogP contribution < -0.4 is 4.74 Å². The number of nitrogens with zero attached hydrogens (tertiary/aromatic N) is 4. The Bertz CT molecular complexity index is 964. The van der Waals surface area contributed by atoms with Gasteiger partial charge in [-0.1, -0.05) is 23.9 Å². The topological polar surface area (TPSA) is 103 Å². The molecule has 1 N–H and O–H groups in total. The van der Waals surface area contributed by atoms with Gasteiger partial charge in [0.2, 0.25) is 5.16 Å². The number of thioether (sulfide) groups is 1. The summed E-state index contributed by atoms with van der Waals surface area (Å²) in [5, 5.41) is 22.1. The standard InChI is InChI=1S/C18H18N4O4S/c1-3-25-15-7-5-4-6-13(15)10-19-22-17(14-8-9-26-12(14)2)20-21-18(22)27-11-16(23)24/h4-10H,3,11H2,1-2H3,(H,23,24)/b19-10-. The van der Waals surface area contributed by atoms with Crippen molar-refractivity contribution in [3.05, 3.63) is 47.9 Å². The Hall–Kier alpha value is -3.07. The van der Waals surface area contributed by atoms with Crippen LogP contribution in [0.4, 0.5) is 0 Å². The Kier molecular flexibility index (Phi) is 5.92. The Morgan fingerprint density at radius 3 is 2.89 bits per heavy atom. The van der Waals surface area contributed by atoms with E-state index in [2.05, 4.69) is 15.3 Å². The summed E-state index contributed by atoms with van der Waals surface area (Å²) in [6.07, 6.45) is 3.19. The number of furan rings is 1. The molecule has 0 saturated heterocycles. The zero-order chi connectivity index (χ0) is 19.2. The van der Waals surface area contributed by atoms with Crippen LogP contribution in [-0.4, -0.2) is 44.5 Å². The third kappa shape index (κ3) is 4.37. The van der Waals surface area contributed by atoms with Gasteiger partial charge in [0.15, 0.2) is 5.82 Å². The number of carbonyl (C=O) groups is 1. The fraction of sp³-hybridized carbons (Fsp3) is 0.222. The van der Waals surface area contributed by atoms with Gasteiger partial charge < -0.3 is 14.3 Å². The average Bonchev–Trinajstić information content (AvgIpc) is 3.25. The van der Waals surface area contributed by atoms with Crippen molar-refractivity contribution in [2.24, 2.45) is 5.10 Å². The Morgan fingerprint density at radius 1 is 1.37 bits per heavy atom. The van der Waals surface area contributed by atoms with E-state index in [1.807, 2.05) is 38.1 Å². The molecule has 140 valence electrons. The van der Waals surface area contributed by atoms with Gasteiger partial charge in [-0.2, -0.15) is 9.78 Å². The summed E-state index contributed by atoms with van der Waals surface area (Å²) in [5.41, 5.74) is 1.53. The van der Waals surface area contributed by atoms with Crippen LogP contribution in [0.3, 0.4) is 0 Å². The fourth-order valence-electron chi connectivity index (χ4n) is 2.36. The van der Waals surface area contributed by atoms with E-state index in [1.54, 1.807) is 18.5 Å². The molecule has 0 atom stereocenters. The number of para-hydroxylation sites is 1. The quantitative estimate of drug-likeness (QED) is 0.468. The molecule has 2 aromatic heterocycles. The van der Waals surface area contributed by atoms with Crippen molar-refractivity contribution in [3.8, 4) is 17.1 Å². The third-order valence-corrected chi connectivity index (χ3v) is 4.47. The lowest BCUT2D eigenvalue weighted by Crippen LogP contribution is -2.02. The molecular weight excluding hydrogens is 368 g/mol. The van der Waals surface area contributed by atoms with Gasteiger partial charge in [0.05, 0.1) is 30.4 Å². The van der Waals surface area contributed by atoms with Gasteiger partial charge >= 0.3 is 5.97 Å². The first kappa shape index (κ1) is 18.7. The van der Waals surface area contributed by atoms with E-state index in [9.17, 15) is 4.79 Å². The summed E-state index contributed by atoms with van der Waals surface area (Å²) < 4.78 is 12.5. The van der Waals surface area contributed by atoms with Gasteiger partial charge in [0.25, 0.3) is 0 Å². The predicted molar refractivity (Wildman–Crippen MR) is 101 cm³/mol. The maximum absolute atomic E-state index is 10.9. The molecule has 0 unspecified atom stereocenters. The smallest absolute Gasteiger partial charge is 0.313 e. The minimum atomic E-state index is -0.943. The van der Waals surface area contributed by atoms with Crippen molar-refractivity contribution in [1.29, 1.82) is 0 Å². The molecule has 0 bridgehead atoms. The Balaban J connectivity index is 2.00. The highest BCUT2D eigenvalue weighted by molar-refractivity contribution is 7.99. The summed E-state index contributed by atoms with van der Waals surface area (Å²) in [6, 6.07) is 9.28. The molecular formula is C18H18N4O4S. The van der Waals surface area contributed by atoms with Gasteiger partial charge in [-0.25, -0.2) is 0 Å². The summed E-state index contributed by atoms with van der Waals surface area (Å²) in [7, 11) is 0. The van der Waals surface area contributed by atoms with Crippen molar-refractivity contribution < 1.29 is 19.1 Å². The van der Waals surface area contributed by atoms with Gasteiger partial charge in [-0.3, -0.25) is 4.79 Å². The van der Waals surface area contributed by atoms with E-state index in [1.165, 1.54) is 4.68 Å². The van der Waals surface area contributed by atoms with Crippen LogP contribution in [-0.2, 0) is 4.79 Å². The average molecular weight is 386 g/mol. The molecule has 9 heteroatoms. The summed E-state index contributed by atoms with van der Waals surface area (Å²) in [5.74, 6) is 0.759. The number of ether oxygens (including phenoxy) is 1. The SMILES string of the molecule is CCOc1ccccc1/C=N\n1c(SCC(=O)O)nnc1-c1ccoc1C. The number of hydrogen-bond acceptors (Lipinski definition) is 7. The molecule has 0 spiro atoms. The van der Waals surface area contributed by atoms with Crippen molar-refractivity contribution in [2.45, 2.75) is 19.0 Å². The molecule has 0 aliphatic heterocycles. The van der Waals surface area contributed by atoms with Crippen molar-refractivity contribution in [3.63, 3.8) is 0 Å². The van der Waals surface area contributed by atoms with Crippen molar-refractivity contribution in [1.82, 2.24) is 14.9 Å². The third-order valence-electron chi connectivity index (χ3n) is 3.57. The largest absolute Gasteiger partial charge is 0.493 e.